The van der Waals surface area contributed by atoms with Crippen molar-refractivity contribution in [2.75, 3.05) is 0 Å². The maximum atomic E-state index is 12.9. The Kier molecular flexibility index (Phi) is 3.76. The lowest BCUT2D eigenvalue weighted by Crippen LogP contribution is -2.51. The molecule has 2 aromatic heterocycles. The molecule has 0 saturated heterocycles. The number of benzene rings is 1. The molecular formula is C17H16N4O3S. The molecule has 4 rings (SSSR count). The van der Waals surface area contributed by atoms with E-state index in [1.165, 1.54) is 4.90 Å². The first-order valence-corrected chi connectivity index (χ1v) is 8.78. The Hall–Kier alpha value is -2.74. The average Bonchev–Trinajstić information content (AvgIpc) is 3.18. The van der Waals surface area contributed by atoms with Gasteiger partial charge in [0.25, 0.3) is 0 Å². The van der Waals surface area contributed by atoms with Gasteiger partial charge in [0, 0.05) is 4.70 Å². The molecule has 1 amide bonds. The lowest BCUT2D eigenvalue weighted by molar-refractivity contribution is -0.152. The van der Waals surface area contributed by atoms with Crippen molar-refractivity contribution < 1.29 is 14.7 Å². The molecule has 1 unspecified atom stereocenters. The molecule has 1 aromatic carbocycles. The molecule has 0 radical (unpaired) electrons. The fourth-order valence-electron chi connectivity index (χ4n) is 3.22. The van der Waals surface area contributed by atoms with Crippen LogP contribution in [-0.2, 0) is 29.1 Å². The van der Waals surface area contributed by atoms with E-state index in [-0.39, 0.29) is 25.4 Å². The third-order valence-electron chi connectivity index (χ3n) is 4.56. The summed E-state index contributed by atoms with van der Waals surface area (Å²) in [6.45, 7) is 2.13. The average molecular weight is 356 g/mol. The quantitative estimate of drug-likeness (QED) is 0.774. The SMILES string of the molecule is Cc1nnc2n1CC(C(=O)O)N(C(=O)Cc1csc3ccccc13)C2. The van der Waals surface area contributed by atoms with Crippen molar-refractivity contribution in [1.29, 1.82) is 0 Å². The Bertz CT molecular complexity index is 977. The number of aryl methyl sites for hydroxylation is 1. The Labute approximate surface area is 147 Å². The highest BCUT2D eigenvalue weighted by molar-refractivity contribution is 7.17. The van der Waals surface area contributed by atoms with E-state index >= 15 is 0 Å². The number of carbonyl (C=O) groups is 2. The first-order chi connectivity index (χ1) is 12.0. The molecular weight excluding hydrogens is 340 g/mol. The highest BCUT2D eigenvalue weighted by Gasteiger charge is 2.36. The van der Waals surface area contributed by atoms with Crippen LogP contribution >= 0.6 is 11.3 Å². The summed E-state index contributed by atoms with van der Waals surface area (Å²) in [6.07, 6.45) is 0.181. The van der Waals surface area contributed by atoms with Gasteiger partial charge in [-0.1, -0.05) is 18.2 Å². The maximum Gasteiger partial charge on any atom is 0.328 e. The summed E-state index contributed by atoms with van der Waals surface area (Å²) in [5, 5.41) is 20.6. The number of nitrogens with zero attached hydrogens (tertiary/aromatic N) is 4. The van der Waals surface area contributed by atoms with Gasteiger partial charge < -0.3 is 14.6 Å². The summed E-state index contributed by atoms with van der Waals surface area (Å²) in [7, 11) is 0. The molecule has 8 heteroatoms. The highest BCUT2D eigenvalue weighted by Crippen LogP contribution is 2.27. The van der Waals surface area contributed by atoms with Crippen molar-refractivity contribution in [3.8, 4) is 0 Å². The van der Waals surface area contributed by atoms with E-state index in [1.54, 1.807) is 22.8 Å². The monoisotopic (exact) mass is 356 g/mol. The second kappa shape index (κ2) is 5.96. The second-order valence-electron chi connectivity index (χ2n) is 6.08. The topological polar surface area (TPSA) is 88.3 Å². The van der Waals surface area contributed by atoms with Crippen molar-refractivity contribution in [3.63, 3.8) is 0 Å². The van der Waals surface area contributed by atoms with E-state index in [4.69, 9.17) is 0 Å². The van der Waals surface area contributed by atoms with Crippen molar-refractivity contribution in [2.24, 2.45) is 0 Å². The van der Waals surface area contributed by atoms with E-state index in [0.717, 1.165) is 15.6 Å². The number of amides is 1. The van der Waals surface area contributed by atoms with E-state index < -0.39 is 12.0 Å². The number of aliphatic carboxylic acids is 1. The van der Waals surface area contributed by atoms with Crippen molar-refractivity contribution in [2.45, 2.75) is 32.5 Å². The Morgan fingerprint density at radius 2 is 2.12 bits per heavy atom. The first kappa shape index (κ1) is 15.8. The minimum absolute atomic E-state index is 0.165. The Balaban J connectivity index is 1.63. The van der Waals surface area contributed by atoms with E-state index in [2.05, 4.69) is 10.2 Å². The summed E-state index contributed by atoms with van der Waals surface area (Å²) in [4.78, 5) is 25.9. The van der Waals surface area contributed by atoms with Gasteiger partial charge in [0.15, 0.2) is 5.82 Å². The maximum absolute atomic E-state index is 12.9. The fourth-order valence-corrected chi connectivity index (χ4v) is 4.18. The molecule has 0 fully saturated rings. The van der Waals surface area contributed by atoms with Crippen LogP contribution in [0.2, 0.25) is 0 Å². The number of fused-ring (bicyclic) bond motifs is 2. The molecule has 3 aromatic rings. The molecule has 25 heavy (non-hydrogen) atoms. The van der Waals surface area contributed by atoms with Gasteiger partial charge in [-0.2, -0.15) is 0 Å². The van der Waals surface area contributed by atoms with Gasteiger partial charge in [-0.3, -0.25) is 4.79 Å². The summed E-state index contributed by atoms with van der Waals surface area (Å²) in [6, 6.07) is 7.00. The van der Waals surface area contributed by atoms with E-state index in [9.17, 15) is 14.7 Å². The van der Waals surface area contributed by atoms with Crippen LogP contribution in [0.25, 0.3) is 10.1 Å². The normalized spacial score (nSPS) is 16.8. The minimum Gasteiger partial charge on any atom is -0.480 e. The van der Waals surface area contributed by atoms with E-state index in [0.29, 0.717) is 11.6 Å². The predicted molar refractivity (Wildman–Crippen MR) is 92.3 cm³/mol. The molecule has 3 heterocycles. The largest absolute Gasteiger partial charge is 0.480 e. The van der Waals surface area contributed by atoms with Crippen LogP contribution in [0.1, 0.15) is 17.2 Å². The first-order valence-electron chi connectivity index (χ1n) is 7.90. The van der Waals surface area contributed by atoms with Gasteiger partial charge in [0.2, 0.25) is 5.91 Å². The van der Waals surface area contributed by atoms with Gasteiger partial charge in [0.1, 0.15) is 11.9 Å². The molecule has 1 atom stereocenters. The summed E-state index contributed by atoms with van der Waals surface area (Å²) >= 11 is 1.59. The fraction of sp³-hybridized carbons (Fsp3) is 0.294. The Morgan fingerprint density at radius 3 is 2.92 bits per heavy atom. The van der Waals surface area contributed by atoms with Crippen LogP contribution in [0.5, 0.6) is 0 Å². The van der Waals surface area contributed by atoms with Gasteiger partial charge in [0.05, 0.1) is 19.5 Å². The van der Waals surface area contributed by atoms with E-state index in [1.807, 2.05) is 29.6 Å². The second-order valence-corrected chi connectivity index (χ2v) is 6.99. The number of hydrogen-bond acceptors (Lipinski definition) is 5. The molecule has 0 aliphatic carbocycles. The highest BCUT2D eigenvalue weighted by atomic mass is 32.1. The predicted octanol–water partition coefficient (Wildman–Crippen LogP) is 1.84. The number of carbonyl (C=O) groups excluding carboxylic acids is 1. The molecule has 0 saturated carbocycles. The number of aromatic nitrogens is 3. The number of hydrogen-bond donors (Lipinski definition) is 1. The molecule has 0 bridgehead atoms. The van der Waals surface area contributed by atoms with Crippen molar-refractivity contribution in [1.82, 2.24) is 19.7 Å². The molecule has 1 N–H and O–H groups in total. The summed E-state index contributed by atoms with van der Waals surface area (Å²) < 4.78 is 2.89. The molecule has 128 valence electrons. The summed E-state index contributed by atoms with van der Waals surface area (Å²) in [5.41, 5.74) is 0.929. The third-order valence-corrected chi connectivity index (χ3v) is 5.58. The van der Waals surface area contributed by atoms with Crippen molar-refractivity contribution >= 4 is 33.3 Å². The van der Waals surface area contributed by atoms with Gasteiger partial charge >= 0.3 is 5.97 Å². The van der Waals surface area contributed by atoms with Crippen LogP contribution in [-0.4, -0.2) is 42.7 Å². The Morgan fingerprint density at radius 1 is 1.32 bits per heavy atom. The van der Waals surface area contributed by atoms with Crippen LogP contribution in [0, 0.1) is 6.92 Å². The zero-order valence-electron chi connectivity index (χ0n) is 13.5. The molecule has 7 nitrogen and oxygen atoms in total. The number of carboxylic acids is 1. The zero-order valence-corrected chi connectivity index (χ0v) is 14.4. The van der Waals surface area contributed by atoms with Crippen LogP contribution in [0.15, 0.2) is 29.6 Å². The standard InChI is InChI=1S/C17H16N4O3S/c1-10-18-19-15-8-21(13(17(23)24)7-20(10)15)16(22)6-11-9-25-14-5-3-2-4-12(11)14/h2-5,9,13H,6-8H2,1H3,(H,23,24). The third kappa shape index (κ3) is 2.68. The molecule has 0 spiro atoms. The number of carboxylic acid groups (broad SMARTS) is 1. The van der Waals surface area contributed by atoms with Gasteiger partial charge in [-0.05, 0) is 29.3 Å². The summed E-state index contributed by atoms with van der Waals surface area (Å²) in [5.74, 6) is 0.0702. The van der Waals surface area contributed by atoms with Crippen LogP contribution in [0.3, 0.4) is 0 Å². The van der Waals surface area contributed by atoms with Gasteiger partial charge in [-0.25, -0.2) is 4.79 Å². The van der Waals surface area contributed by atoms with Gasteiger partial charge in [-0.15, -0.1) is 21.5 Å². The smallest absolute Gasteiger partial charge is 0.328 e. The molecule has 1 aliphatic heterocycles. The number of thiophene rings is 1. The van der Waals surface area contributed by atoms with Crippen LogP contribution in [0.4, 0.5) is 0 Å². The lowest BCUT2D eigenvalue weighted by atomic mass is 10.1. The minimum atomic E-state index is -1.01. The number of rotatable bonds is 3. The molecule has 1 aliphatic rings. The lowest BCUT2D eigenvalue weighted by Gasteiger charge is -2.33. The zero-order chi connectivity index (χ0) is 17.6. The van der Waals surface area contributed by atoms with Crippen molar-refractivity contribution in [3.05, 3.63) is 46.9 Å². The van der Waals surface area contributed by atoms with Crippen LogP contribution < -0.4 is 0 Å².